The summed E-state index contributed by atoms with van der Waals surface area (Å²) < 4.78 is 11.1. The predicted molar refractivity (Wildman–Crippen MR) is 97.5 cm³/mol. The molecule has 0 radical (unpaired) electrons. The first-order valence-corrected chi connectivity index (χ1v) is 9.01. The van der Waals surface area contributed by atoms with E-state index in [2.05, 4.69) is 24.9 Å². The van der Waals surface area contributed by atoms with Gasteiger partial charge in [-0.1, -0.05) is 13.8 Å². The van der Waals surface area contributed by atoms with Crippen LogP contribution in [0.4, 0.5) is 0 Å². The maximum Gasteiger partial charge on any atom is 0.187 e. The third-order valence-corrected chi connectivity index (χ3v) is 4.70. The van der Waals surface area contributed by atoms with E-state index in [-0.39, 0.29) is 5.78 Å². The zero-order chi connectivity index (χ0) is 18.4. The topological polar surface area (TPSA) is 72.2 Å². The Kier molecular flexibility index (Phi) is 6.54. The van der Waals surface area contributed by atoms with Gasteiger partial charge in [-0.2, -0.15) is 5.26 Å². The van der Waals surface area contributed by atoms with E-state index in [0.29, 0.717) is 34.6 Å². The average molecular weight is 358 g/mol. The highest BCUT2D eigenvalue weighted by Gasteiger charge is 2.25. The van der Waals surface area contributed by atoms with Gasteiger partial charge >= 0.3 is 0 Å². The lowest BCUT2D eigenvalue weighted by molar-refractivity contribution is 0.0978. The first-order valence-electron chi connectivity index (χ1n) is 8.13. The van der Waals surface area contributed by atoms with Crippen molar-refractivity contribution >= 4 is 17.1 Å². The number of thiazole rings is 1. The van der Waals surface area contributed by atoms with Gasteiger partial charge in [-0.25, -0.2) is 4.98 Å². The zero-order valence-corrected chi connectivity index (χ0v) is 15.7. The predicted octanol–water partition coefficient (Wildman–Crippen LogP) is 4.38. The van der Waals surface area contributed by atoms with Crippen molar-refractivity contribution in [2.24, 2.45) is 5.92 Å². The number of hydrogen-bond donors (Lipinski definition) is 0. The van der Waals surface area contributed by atoms with Crippen LogP contribution in [0.15, 0.2) is 23.6 Å². The van der Waals surface area contributed by atoms with Crippen LogP contribution in [0.3, 0.4) is 0 Å². The van der Waals surface area contributed by atoms with Crippen molar-refractivity contribution in [1.29, 1.82) is 5.26 Å². The molecule has 0 saturated heterocycles. The van der Waals surface area contributed by atoms with E-state index >= 15 is 0 Å². The van der Waals surface area contributed by atoms with Gasteiger partial charge in [0.1, 0.15) is 5.01 Å². The maximum atomic E-state index is 12.7. The first kappa shape index (κ1) is 18.9. The van der Waals surface area contributed by atoms with Gasteiger partial charge in [-0.05, 0) is 37.5 Å². The summed E-state index contributed by atoms with van der Waals surface area (Å²) >= 11 is 1.32. The molecule has 25 heavy (non-hydrogen) atoms. The number of benzene rings is 1. The fourth-order valence-corrected chi connectivity index (χ4v) is 3.08. The van der Waals surface area contributed by atoms with Crippen molar-refractivity contribution in [3.05, 3.63) is 39.8 Å². The number of carbonyl (C=O) groups is 1. The number of nitrogens with zero attached hydrogens (tertiary/aromatic N) is 2. The van der Waals surface area contributed by atoms with E-state index in [0.717, 1.165) is 12.1 Å². The van der Waals surface area contributed by atoms with E-state index in [9.17, 15) is 10.1 Å². The van der Waals surface area contributed by atoms with Crippen molar-refractivity contribution in [2.75, 3.05) is 13.7 Å². The van der Waals surface area contributed by atoms with Crippen molar-refractivity contribution in [1.82, 2.24) is 4.98 Å². The quantitative estimate of drug-likeness (QED) is 0.655. The molecule has 1 aromatic heterocycles. The van der Waals surface area contributed by atoms with Gasteiger partial charge in [0.05, 0.1) is 19.8 Å². The summed E-state index contributed by atoms with van der Waals surface area (Å²) in [7, 11) is 1.53. The molecular formula is C19H22N2O3S. The number of ketones is 1. The molecule has 1 aromatic carbocycles. The van der Waals surface area contributed by atoms with Gasteiger partial charge in [0.15, 0.2) is 23.2 Å². The molecule has 0 bridgehead atoms. The molecule has 5 nitrogen and oxygen atoms in total. The zero-order valence-electron chi connectivity index (χ0n) is 14.9. The van der Waals surface area contributed by atoms with Gasteiger partial charge < -0.3 is 9.47 Å². The highest BCUT2D eigenvalue weighted by molar-refractivity contribution is 7.10. The van der Waals surface area contributed by atoms with E-state index in [1.807, 2.05) is 12.3 Å². The lowest BCUT2D eigenvalue weighted by Crippen LogP contribution is -2.11. The summed E-state index contributed by atoms with van der Waals surface area (Å²) in [5.74, 6) is 0.435. The van der Waals surface area contributed by atoms with E-state index in [4.69, 9.17) is 9.47 Å². The Labute approximate surface area is 152 Å². The van der Waals surface area contributed by atoms with Crippen molar-refractivity contribution in [3.63, 3.8) is 0 Å². The van der Waals surface area contributed by atoms with Crippen LogP contribution in [0.1, 0.15) is 47.2 Å². The van der Waals surface area contributed by atoms with Gasteiger partial charge in [0.2, 0.25) is 0 Å². The Morgan fingerprint density at radius 2 is 2.12 bits per heavy atom. The second-order valence-electron chi connectivity index (χ2n) is 6.15. The number of ether oxygens (including phenoxy) is 2. The lowest BCUT2D eigenvalue weighted by Gasteiger charge is -2.13. The van der Waals surface area contributed by atoms with Crippen LogP contribution in [-0.4, -0.2) is 24.5 Å². The number of rotatable bonds is 8. The molecule has 1 atom stereocenters. The van der Waals surface area contributed by atoms with Gasteiger partial charge in [0.25, 0.3) is 0 Å². The molecule has 0 aliphatic rings. The van der Waals surface area contributed by atoms with Crippen LogP contribution >= 0.6 is 11.3 Å². The van der Waals surface area contributed by atoms with E-state index in [1.165, 1.54) is 18.4 Å². The summed E-state index contributed by atoms with van der Waals surface area (Å²) in [6.07, 6.45) is 0.934. The standard InChI is InChI=1S/C19H22N2O3S/c1-12(2)7-8-24-16-6-5-14(9-17(16)23-4)18(22)15(10-20)19-21-13(3)11-25-19/h5-6,9,11-12,15H,7-8H2,1-4H3. The molecule has 0 N–H and O–H groups in total. The molecule has 0 amide bonds. The monoisotopic (exact) mass is 358 g/mol. The van der Waals surface area contributed by atoms with Crippen LogP contribution in [0.25, 0.3) is 0 Å². The lowest BCUT2D eigenvalue weighted by atomic mass is 9.99. The molecular weight excluding hydrogens is 336 g/mol. The van der Waals surface area contributed by atoms with Crippen molar-refractivity contribution in [2.45, 2.75) is 33.1 Å². The number of Topliss-reactive ketones (excluding diaryl/α,β-unsaturated/α-hetero) is 1. The molecule has 132 valence electrons. The number of aryl methyl sites for hydroxylation is 1. The van der Waals surface area contributed by atoms with Gasteiger partial charge in [0, 0.05) is 16.6 Å². The Bertz CT molecular complexity index is 777. The Balaban J connectivity index is 2.21. The highest BCUT2D eigenvalue weighted by atomic mass is 32.1. The summed E-state index contributed by atoms with van der Waals surface area (Å²) in [5.41, 5.74) is 1.21. The third kappa shape index (κ3) is 4.80. The molecule has 0 fully saturated rings. The van der Waals surface area contributed by atoms with Crippen molar-refractivity contribution < 1.29 is 14.3 Å². The second kappa shape index (κ2) is 8.63. The van der Waals surface area contributed by atoms with Crippen LogP contribution in [0, 0.1) is 24.2 Å². The number of carbonyl (C=O) groups excluding carboxylic acids is 1. The summed E-state index contributed by atoms with van der Waals surface area (Å²) in [6.45, 7) is 6.68. The second-order valence-corrected chi connectivity index (χ2v) is 7.04. The highest BCUT2D eigenvalue weighted by Crippen LogP contribution is 2.31. The van der Waals surface area contributed by atoms with Crippen LogP contribution < -0.4 is 9.47 Å². The van der Waals surface area contributed by atoms with Gasteiger partial charge in [-0.15, -0.1) is 11.3 Å². The maximum absolute atomic E-state index is 12.7. The van der Waals surface area contributed by atoms with Gasteiger partial charge in [-0.3, -0.25) is 4.79 Å². The molecule has 1 heterocycles. The van der Waals surface area contributed by atoms with E-state index in [1.54, 1.807) is 18.2 Å². The largest absolute Gasteiger partial charge is 0.493 e. The van der Waals surface area contributed by atoms with Crippen LogP contribution in [0.5, 0.6) is 11.5 Å². The summed E-state index contributed by atoms with van der Waals surface area (Å²) in [5, 5.41) is 11.8. The molecule has 2 rings (SSSR count). The number of hydrogen-bond acceptors (Lipinski definition) is 6. The smallest absolute Gasteiger partial charge is 0.187 e. The third-order valence-electron chi connectivity index (χ3n) is 3.68. The molecule has 0 spiro atoms. The number of aromatic nitrogens is 1. The molecule has 0 saturated carbocycles. The average Bonchev–Trinajstić information content (AvgIpc) is 3.01. The SMILES string of the molecule is COc1cc(C(=O)C(C#N)c2nc(C)cs2)ccc1OCCC(C)C. The normalized spacial score (nSPS) is 11.8. The Morgan fingerprint density at radius 1 is 1.36 bits per heavy atom. The Morgan fingerprint density at radius 3 is 2.68 bits per heavy atom. The summed E-state index contributed by atoms with van der Waals surface area (Å²) in [6, 6.07) is 7.06. The minimum atomic E-state index is -0.906. The number of methoxy groups -OCH3 is 1. The molecule has 0 aliphatic carbocycles. The van der Waals surface area contributed by atoms with E-state index < -0.39 is 5.92 Å². The minimum Gasteiger partial charge on any atom is -0.493 e. The molecule has 6 heteroatoms. The van der Waals surface area contributed by atoms with Crippen LogP contribution in [-0.2, 0) is 0 Å². The summed E-state index contributed by atoms with van der Waals surface area (Å²) in [4.78, 5) is 17.0. The first-order chi connectivity index (χ1) is 12.0. The molecule has 2 aromatic rings. The van der Waals surface area contributed by atoms with Crippen LogP contribution in [0.2, 0.25) is 0 Å². The Hall–Kier alpha value is -2.39. The fraction of sp³-hybridized carbons (Fsp3) is 0.421. The minimum absolute atomic E-state index is 0.288. The molecule has 0 aliphatic heterocycles. The fourth-order valence-electron chi connectivity index (χ4n) is 2.24. The molecule has 1 unspecified atom stereocenters. The van der Waals surface area contributed by atoms with Crippen molar-refractivity contribution in [3.8, 4) is 17.6 Å². The number of nitriles is 1.